The van der Waals surface area contributed by atoms with Crippen molar-refractivity contribution in [1.82, 2.24) is 0 Å². The average Bonchev–Trinajstić information content (AvgIpc) is 2.39. The summed E-state index contributed by atoms with van der Waals surface area (Å²) in [6.45, 7) is 0. The van der Waals surface area contributed by atoms with Gasteiger partial charge in [0.25, 0.3) is 5.91 Å². The van der Waals surface area contributed by atoms with E-state index in [0.29, 0.717) is 5.69 Å². The van der Waals surface area contributed by atoms with E-state index in [4.69, 9.17) is 5.73 Å². The highest BCUT2D eigenvalue weighted by Gasteiger charge is 2.34. The first kappa shape index (κ1) is 15.4. The third kappa shape index (κ3) is 3.75. The van der Waals surface area contributed by atoms with Crippen LogP contribution in [0.15, 0.2) is 46.9 Å². The van der Waals surface area contributed by atoms with Gasteiger partial charge in [-0.2, -0.15) is 13.2 Å². The number of rotatable bonds is 2. The maximum Gasteiger partial charge on any atom is 0.418 e. The Morgan fingerprint density at radius 1 is 1.14 bits per heavy atom. The molecule has 1 amide bonds. The van der Waals surface area contributed by atoms with Gasteiger partial charge in [-0.05, 0) is 36.4 Å². The molecule has 0 aliphatic carbocycles. The highest BCUT2D eigenvalue weighted by Crippen LogP contribution is 2.36. The number of halogens is 4. The number of amides is 1. The summed E-state index contributed by atoms with van der Waals surface area (Å²) in [5, 5.41) is 2.25. The maximum absolute atomic E-state index is 13.0. The molecule has 0 aliphatic heterocycles. The van der Waals surface area contributed by atoms with Crippen molar-refractivity contribution in [2.45, 2.75) is 6.18 Å². The summed E-state index contributed by atoms with van der Waals surface area (Å²) in [7, 11) is 0. The molecule has 110 valence electrons. The van der Waals surface area contributed by atoms with Gasteiger partial charge in [0.2, 0.25) is 0 Å². The number of nitrogens with one attached hydrogen (secondary N) is 1. The zero-order chi connectivity index (χ0) is 15.6. The lowest BCUT2D eigenvalue weighted by Crippen LogP contribution is -2.16. The Hall–Kier alpha value is -2.02. The fourth-order valence-electron chi connectivity index (χ4n) is 1.73. The Kier molecular flexibility index (Phi) is 4.22. The van der Waals surface area contributed by atoms with Crippen molar-refractivity contribution in [1.29, 1.82) is 0 Å². The van der Waals surface area contributed by atoms with Crippen molar-refractivity contribution in [2.24, 2.45) is 0 Å². The molecule has 2 aromatic carbocycles. The van der Waals surface area contributed by atoms with E-state index in [1.165, 1.54) is 24.3 Å². The highest BCUT2D eigenvalue weighted by atomic mass is 79.9. The maximum atomic E-state index is 13.0. The molecule has 0 unspecified atom stereocenters. The second-order valence-electron chi connectivity index (χ2n) is 4.27. The van der Waals surface area contributed by atoms with Crippen molar-refractivity contribution in [3.63, 3.8) is 0 Å². The van der Waals surface area contributed by atoms with E-state index in [0.717, 1.165) is 6.07 Å². The zero-order valence-electron chi connectivity index (χ0n) is 10.5. The molecule has 0 heterocycles. The van der Waals surface area contributed by atoms with Gasteiger partial charge in [-0.25, -0.2) is 0 Å². The average molecular weight is 359 g/mol. The molecule has 2 rings (SSSR count). The second-order valence-corrected chi connectivity index (χ2v) is 5.18. The van der Waals surface area contributed by atoms with Gasteiger partial charge in [0.1, 0.15) is 0 Å². The van der Waals surface area contributed by atoms with Gasteiger partial charge in [0, 0.05) is 15.7 Å². The van der Waals surface area contributed by atoms with Crippen LogP contribution in [0, 0.1) is 0 Å². The van der Waals surface area contributed by atoms with E-state index in [-0.39, 0.29) is 15.7 Å². The summed E-state index contributed by atoms with van der Waals surface area (Å²) in [4.78, 5) is 12.0. The Morgan fingerprint density at radius 3 is 2.48 bits per heavy atom. The molecule has 0 aromatic heterocycles. The van der Waals surface area contributed by atoms with Gasteiger partial charge in [0.05, 0.1) is 11.3 Å². The third-order valence-electron chi connectivity index (χ3n) is 2.68. The number of alkyl halides is 3. The van der Waals surface area contributed by atoms with Gasteiger partial charge in [0.15, 0.2) is 0 Å². The van der Waals surface area contributed by atoms with Crippen LogP contribution in [-0.4, -0.2) is 5.91 Å². The van der Waals surface area contributed by atoms with Gasteiger partial charge in [-0.3, -0.25) is 4.79 Å². The molecular weight excluding hydrogens is 349 g/mol. The highest BCUT2D eigenvalue weighted by molar-refractivity contribution is 9.10. The van der Waals surface area contributed by atoms with Crippen LogP contribution in [-0.2, 0) is 6.18 Å². The van der Waals surface area contributed by atoms with Crippen LogP contribution >= 0.6 is 15.9 Å². The zero-order valence-corrected chi connectivity index (χ0v) is 12.1. The minimum absolute atomic E-state index is 0.186. The Labute approximate surface area is 127 Å². The van der Waals surface area contributed by atoms with Crippen LogP contribution in [0.3, 0.4) is 0 Å². The monoisotopic (exact) mass is 358 g/mol. The molecule has 21 heavy (non-hydrogen) atoms. The fourth-order valence-corrected chi connectivity index (χ4v) is 2.10. The first-order valence-electron chi connectivity index (χ1n) is 5.81. The molecule has 0 radical (unpaired) electrons. The number of carbonyl (C=O) groups excluding carboxylic acids is 1. The normalized spacial score (nSPS) is 11.2. The lowest BCUT2D eigenvalue weighted by molar-refractivity contribution is -0.136. The minimum Gasteiger partial charge on any atom is -0.399 e. The van der Waals surface area contributed by atoms with Crippen LogP contribution in [0.4, 0.5) is 24.5 Å². The lowest BCUT2D eigenvalue weighted by Gasteiger charge is -2.14. The number of benzene rings is 2. The molecule has 0 aliphatic rings. The summed E-state index contributed by atoms with van der Waals surface area (Å²) in [6, 6.07) is 9.52. The van der Waals surface area contributed by atoms with E-state index in [2.05, 4.69) is 21.2 Å². The van der Waals surface area contributed by atoms with Crippen LogP contribution in [0.1, 0.15) is 15.9 Å². The Bertz CT molecular complexity index is 686. The standard InChI is InChI=1S/C14H10BrF3N2O/c15-9-4-5-12(11(7-9)14(16,17)18)20-13(21)8-2-1-3-10(19)6-8/h1-7H,19H2,(H,20,21). The number of carbonyl (C=O) groups is 1. The Morgan fingerprint density at radius 2 is 1.86 bits per heavy atom. The number of hydrogen-bond donors (Lipinski definition) is 2. The summed E-state index contributed by atoms with van der Waals surface area (Å²) < 4.78 is 39.1. The van der Waals surface area contributed by atoms with E-state index in [1.807, 2.05) is 0 Å². The van der Waals surface area contributed by atoms with Crippen LogP contribution < -0.4 is 11.1 Å². The summed E-state index contributed by atoms with van der Waals surface area (Å²) in [5.74, 6) is -0.657. The molecule has 2 aromatic rings. The van der Waals surface area contributed by atoms with E-state index in [9.17, 15) is 18.0 Å². The van der Waals surface area contributed by atoms with Gasteiger partial charge in [-0.1, -0.05) is 22.0 Å². The first-order valence-corrected chi connectivity index (χ1v) is 6.60. The molecule has 0 bridgehead atoms. The predicted octanol–water partition coefficient (Wildman–Crippen LogP) is 4.30. The quantitative estimate of drug-likeness (QED) is 0.786. The predicted molar refractivity (Wildman–Crippen MR) is 78.0 cm³/mol. The van der Waals surface area contributed by atoms with Gasteiger partial charge >= 0.3 is 6.18 Å². The van der Waals surface area contributed by atoms with Crippen molar-refractivity contribution in [2.75, 3.05) is 11.1 Å². The first-order chi connectivity index (χ1) is 9.77. The molecule has 0 spiro atoms. The summed E-state index contributed by atoms with van der Waals surface area (Å²) >= 11 is 2.98. The number of nitrogens with two attached hydrogens (primary N) is 1. The molecule has 7 heteroatoms. The number of anilines is 2. The molecule has 0 atom stereocenters. The molecule has 3 nitrogen and oxygen atoms in total. The van der Waals surface area contributed by atoms with Crippen molar-refractivity contribution in [3.05, 3.63) is 58.1 Å². The van der Waals surface area contributed by atoms with Gasteiger partial charge in [-0.15, -0.1) is 0 Å². The number of hydrogen-bond acceptors (Lipinski definition) is 2. The van der Waals surface area contributed by atoms with Crippen LogP contribution in [0.25, 0.3) is 0 Å². The van der Waals surface area contributed by atoms with Crippen molar-refractivity contribution in [3.8, 4) is 0 Å². The number of nitrogen functional groups attached to an aromatic ring is 1. The topological polar surface area (TPSA) is 55.1 Å². The molecule has 0 saturated carbocycles. The molecule has 3 N–H and O–H groups in total. The van der Waals surface area contributed by atoms with Crippen LogP contribution in [0.2, 0.25) is 0 Å². The second kappa shape index (κ2) is 5.77. The summed E-state index contributed by atoms with van der Waals surface area (Å²) in [5.41, 5.74) is 4.86. The van der Waals surface area contributed by atoms with E-state index < -0.39 is 17.6 Å². The van der Waals surface area contributed by atoms with E-state index in [1.54, 1.807) is 12.1 Å². The van der Waals surface area contributed by atoms with Crippen molar-refractivity contribution < 1.29 is 18.0 Å². The van der Waals surface area contributed by atoms with Crippen molar-refractivity contribution >= 4 is 33.2 Å². The largest absolute Gasteiger partial charge is 0.418 e. The molecular formula is C14H10BrF3N2O. The van der Waals surface area contributed by atoms with Crippen LogP contribution in [0.5, 0.6) is 0 Å². The van der Waals surface area contributed by atoms with Gasteiger partial charge < -0.3 is 11.1 Å². The third-order valence-corrected chi connectivity index (χ3v) is 3.18. The lowest BCUT2D eigenvalue weighted by atomic mass is 10.1. The fraction of sp³-hybridized carbons (Fsp3) is 0.0714. The van der Waals surface area contributed by atoms with E-state index >= 15 is 0 Å². The molecule has 0 saturated heterocycles. The smallest absolute Gasteiger partial charge is 0.399 e. The minimum atomic E-state index is -4.57. The SMILES string of the molecule is Nc1cccc(C(=O)Nc2ccc(Br)cc2C(F)(F)F)c1. The molecule has 0 fully saturated rings. The summed E-state index contributed by atoms with van der Waals surface area (Å²) in [6.07, 6.45) is -4.57. The Balaban J connectivity index is 2.34.